The average Bonchev–Trinajstić information content (AvgIpc) is 2.91. The lowest BCUT2D eigenvalue weighted by atomic mass is 10.0. The molecule has 0 atom stereocenters. The molecule has 0 amide bonds. The molecule has 1 aliphatic carbocycles. The van der Waals surface area contributed by atoms with Crippen molar-refractivity contribution in [2.75, 3.05) is 0 Å². The number of rotatable bonds is 2. The summed E-state index contributed by atoms with van der Waals surface area (Å²) in [4.78, 5) is 16.5. The predicted molar refractivity (Wildman–Crippen MR) is 68.0 cm³/mol. The fourth-order valence-corrected chi connectivity index (χ4v) is 2.27. The second kappa shape index (κ2) is 4.13. The van der Waals surface area contributed by atoms with Gasteiger partial charge in [0.15, 0.2) is 5.78 Å². The summed E-state index contributed by atoms with van der Waals surface area (Å²) in [5.74, 6) is 0.162. The van der Waals surface area contributed by atoms with E-state index >= 15 is 0 Å². The van der Waals surface area contributed by atoms with Gasteiger partial charge in [-0.3, -0.25) is 9.78 Å². The number of carbonyl (C=O) groups is 1. The van der Waals surface area contributed by atoms with Gasteiger partial charge in [0.2, 0.25) is 0 Å². The van der Waals surface area contributed by atoms with Crippen LogP contribution in [0.2, 0.25) is 0 Å². The number of ketones is 1. The van der Waals surface area contributed by atoms with Gasteiger partial charge in [-0.2, -0.15) is 0 Å². The van der Waals surface area contributed by atoms with Crippen molar-refractivity contribution >= 4 is 16.7 Å². The van der Waals surface area contributed by atoms with Gasteiger partial charge in [0.05, 0.1) is 5.52 Å². The molecule has 0 aliphatic heterocycles. The third kappa shape index (κ3) is 1.86. The second-order valence-electron chi connectivity index (χ2n) is 4.36. The minimum Gasteiger partial charge on any atom is -0.289 e. The molecular formula is C15H13NO. The molecule has 0 N–H and O–H groups in total. The van der Waals surface area contributed by atoms with Gasteiger partial charge in [-0.25, -0.2) is 0 Å². The smallest absolute Gasteiger partial charge is 0.188 e. The number of carbonyl (C=O) groups excluding carboxylic acids is 1. The van der Waals surface area contributed by atoms with Gasteiger partial charge in [-0.1, -0.05) is 24.3 Å². The van der Waals surface area contributed by atoms with Gasteiger partial charge >= 0.3 is 0 Å². The molecule has 3 rings (SSSR count). The maximum atomic E-state index is 12.2. The lowest BCUT2D eigenvalue weighted by Crippen LogP contribution is -2.01. The summed E-state index contributed by atoms with van der Waals surface area (Å²) in [6.07, 6.45) is 6.87. The van der Waals surface area contributed by atoms with E-state index in [1.165, 1.54) is 0 Å². The van der Waals surface area contributed by atoms with Gasteiger partial charge < -0.3 is 0 Å². The lowest BCUT2D eigenvalue weighted by Gasteiger charge is -2.03. The Balaban J connectivity index is 2.03. The highest BCUT2D eigenvalue weighted by molar-refractivity contribution is 6.10. The van der Waals surface area contributed by atoms with Crippen LogP contribution in [0.1, 0.15) is 29.6 Å². The fraction of sp³-hybridized carbons (Fsp3) is 0.200. The van der Waals surface area contributed by atoms with E-state index in [0.29, 0.717) is 0 Å². The zero-order valence-corrected chi connectivity index (χ0v) is 9.52. The molecular weight excluding hydrogens is 210 g/mol. The quantitative estimate of drug-likeness (QED) is 0.729. The first-order valence-electron chi connectivity index (χ1n) is 5.93. The van der Waals surface area contributed by atoms with Crippen LogP contribution < -0.4 is 0 Å². The number of Topliss-reactive ketones (excluding diaryl/α,β-unsaturated/α-hetero) is 1. The number of hydrogen-bond acceptors (Lipinski definition) is 2. The summed E-state index contributed by atoms with van der Waals surface area (Å²) in [5, 5.41) is 1.07. The van der Waals surface area contributed by atoms with Crippen molar-refractivity contribution in [3.05, 3.63) is 53.7 Å². The number of fused-ring (bicyclic) bond motifs is 1. The Morgan fingerprint density at radius 1 is 1.24 bits per heavy atom. The van der Waals surface area contributed by atoms with Crippen molar-refractivity contribution in [2.24, 2.45) is 0 Å². The summed E-state index contributed by atoms with van der Waals surface area (Å²) < 4.78 is 0. The topological polar surface area (TPSA) is 30.0 Å². The van der Waals surface area contributed by atoms with Crippen molar-refractivity contribution in [2.45, 2.75) is 19.3 Å². The molecule has 2 aromatic rings. The van der Waals surface area contributed by atoms with E-state index in [9.17, 15) is 4.79 Å². The van der Waals surface area contributed by atoms with Gasteiger partial charge in [0, 0.05) is 17.1 Å². The van der Waals surface area contributed by atoms with Crippen molar-refractivity contribution in [1.82, 2.24) is 4.98 Å². The highest BCUT2D eigenvalue weighted by atomic mass is 16.1. The van der Waals surface area contributed by atoms with Crippen LogP contribution in [0.5, 0.6) is 0 Å². The Bertz CT molecular complexity index is 613. The Morgan fingerprint density at radius 3 is 3.00 bits per heavy atom. The normalized spacial score (nSPS) is 14.9. The van der Waals surface area contributed by atoms with E-state index in [2.05, 4.69) is 11.1 Å². The molecule has 84 valence electrons. The molecule has 1 aliphatic rings. The Kier molecular flexibility index (Phi) is 2.48. The van der Waals surface area contributed by atoms with Crippen LogP contribution in [0.25, 0.3) is 10.9 Å². The van der Waals surface area contributed by atoms with Gasteiger partial charge in [0.1, 0.15) is 0 Å². The third-order valence-corrected chi connectivity index (χ3v) is 3.20. The zero-order chi connectivity index (χ0) is 11.7. The summed E-state index contributed by atoms with van der Waals surface area (Å²) in [5.41, 5.74) is 2.60. The molecule has 0 unspecified atom stereocenters. The summed E-state index contributed by atoms with van der Waals surface area (Å²) in [7, 11) is 0. The molecule has 0 radical (unpaired) electrons. The van der Waals surface area contributed by atoms with Crippen molar-refractivity contribution < 1.29 is 4.79 Å². The number of hydrogen-bond donors (Lipinski definition) is 0. The highest BCUT2D eigenvalue weighted by Gasteiger charge is 2.15. The van der Waals surface area contributed by atoms with Crippen LogP contribution in [0, 0.1) is 0 Å². The van der Waals surface area contributed by atoms with Crippen LogP contribution in [-0.4, -0.2) is 10.8 Å². The van der Waals surface area contributed by atoms with Crippen LogP contribution in [0.4, 0.5) is 0 Å². The highest BCUT2D eigenvalue weighted by Crippen LogP contribution is 2.23. The zero-order valence-electron chi connectivity index (χ0n) is 9.52. The second-order valence-corrected chi connectivity index (χ2v) is 4.36. The molecule has 2 nitrogen and oxygen atoms in total. The van der Waals surface area contributed by atoms with E-state index in [4.69, 9.17) is 0 Å². The lowest BCUT2D eigenvalue weighted by molar-refractivity contribution is 0.103. The summed E-state index contributed by atoms with van der Waals surface area (Å²) >= 11 is 0. The monoisotopic (exact) mass is 223 g/mol. The molecule has 0 spiro atoms. The van der Waals surface area contributed by atoms with E-state index in [0.717, 1.165) is 41.3 Å². The van der Waals surface area contributed by atoms with Crippen LogP contribution in [0.3, 0.4) is 0 Å². The third-order valence-electron chi connectivity index (χ3n) is 3.20. The average molecular weight is 223 g/mol. The van der Waals surface area contributed by atoms with Gasteiger partial charge in [0.25, 0.3) is 0 Å². The molecule has 0 bridgehead atoms. The standard InChI is InChI=1S/C15H13NO/c17-15(12-4-1-2-5-12)13-8-7-11-6-3-9-16-14(11)10-13/h3-4,6-10H,1-2,5H2. The first kappa shape index (κ1) is 10.2. The fourth-order valence-electron chi connectivity index (χ4n) is 2.27. The molecule has 17 heavy (non-hydrogen) atoms. The number of aromatic nitrogens is 1. The Hall–Kier alpha value is -1.96. The largest absolute Gasteiger partial charge is 0.289 e. The maximum absolute atomic E-state index is 12.2. The number of benzene rings is 1. The summed E-state index contributed by atoms with van der Waals surface area (Å²) in [6, 6.07) is 9.65. The van der Waals surface area contributed by atoms with E-state index in [1.807, 2.05) is 30.3 Å². The van der Waals surface area contributed by atoms with E-state index < -0.39 is 0 Å². The van der Waals surface area contributed by atoms with E-state index in [-0.39, 0.29) is 5.78 Å². The first-order valence-corrected chi connectivity index (χ1v) is 5.93. The predicted octanol–water partition coefficient (Wildman–Crippen LogP) is 3.53. The number of pyridine rings is 1. The minimum absolute atomic E-state index is 0.162. The molecule has 1 aromatic carbocycles. The van der Waals surface area contributed by atoms with E-state index in [1.54, 1.807) is 6.20 Å². The molecule has 0 saturated heterocycles. The SMILES string of the molecule is O=C(C1=CCCC1)c1ccc2cccnc2c1. The maximum Gasteiger partial charge on any atom is 0.188 e. The van der Waals surface area contributed by atoms with Crippen molar-refractivity contribution in [3.63, 3.8) is 0 Å². The number of allylic oxidation sites excluding steroid dienone is 2. The minimum atomic E-state index is 0.162. The van der Waals surface area contributed by atoms with Crippen LogP contribution >= 0.6 is 0 Å². The Morgan fingerprint density at radius 2 is 2.18 bits per heavy atom. The molecule has 0 saturated carbocycles. The molecule has 1 aromatic heterocycles. The first-order chi connectivity index (χ1) is 8.34. The molecule has 0 fully saturated rings. The van der Waals surface area contributed by atoms with Crippen molar-refractivity contribution in [1.29, 1.82) is 0 Å². The Labute approximate surface area is 100.0 Å². The van der Waals surface area contributed by atoms with Crippen LogP contribution in [0.15, 0.2) is 48.2 Å². The summed E-state index contributed by atoms with van der Waals surface area (Å²) in [6.45, 7) is 0. The molecule has 1 heterocycles. The molecule has 2 heteroatoms. The van der Waals surface area contributed by atoms with Crippen LogP contribution in [-0.2, 0) is 0 Å². The van der Waals surface area contributed by atoms with Gasteiger partial charge in [-0.15, -0.1) is 0 Å². The van der Waals surface area contributed by atoms with Gasteiger partial charge in [-0.05, 0) is 37.0 Å². The number of nitrogens with zero attached hydrogens (tertiary/aromatic N) is 1. The van der Waals surface area contributed by atoms with Crippen molar-refractivity contribution in [3.8, 4) is 0 Å².